The summed E-state index contributed by atoms with van der Waals surface area (Å²) in [6.45, 7) is 0.861. The Morgan fingerprint density at radius 3 is 2.70 bits per heavy atom. The van der Waals surface area contributed by atoms with Crippen LogP contribution in [-0.2, 0) is 11.2 Å². The summed E-state index contributed by atoms with van der Waals surface area (Å²) in [6, 6.07) is 11.2. The molecule has 1 aliphatic carbocycles. The van der Waals surface area contributed by atoms with Crippen LogP contribution < -0.4 is 15.0 Å². The molecule has 1 saturated carbocycles. The second-order valence-corrected chi connectivity index (χ2v) is 8.30. The zero-order valence-electron chi connectivity index (χ0n) is 17.1. The van der Waals surface area contributed by atoms with Crippen LogP contribution in [0.3, 0.4) is 0 Å². The highest BCUT2D eigenvalue weighted by Gasteiger charge is 2.50. The molecule has 1 amide bonds. The molecule has 1 aliphatic heterocycles. The summed E-state index contributed by atoms with van der Waals surface area (Å²) >= 11 is 0. The van der Waals surface area contributed by atoms with E-state index in [1.807, 2.05) is 29.2 Å². The highest BCUT2D eigenvalue weighted by atomic mass is 16.5. The Morgan fingerprint density at radius 1 is 1.23 bits per heavy atom. The SMILES string of the molecule is COc1cccc(CC2(C(=O)NC3CCCC3)CN(c3ncccc3C(=O)O)C2)c1. The molecule has 0 unspecified atom stereocenters. The number of anilines is 1. The van der Waals surface area contributed by atoms with Crippen molar-refractivity contribution in [3.63, 3.8) is 0 Å². The van der Waals surface area contributed by atoms with Crippen LogP contribution in [0, 0.1) is 5.41 Å². The molecule has 7 heteroatoms. The van der Waals surface area contributed by atoms with Crippen LogP contribution in [0.4, 0.5) is 5.82 Å². The average molecular weight is 409 g/mol. The van der Waals surface area contributed by atoms with Gasteiger partial charge in [0, 0.05) is 25.3 Å². The summed E-state index contributed by atoms with van der Waals surface area (Å²) in [7, 11) is 1.63. The Balaban J connectivity index is 1.57. The highest BCUT2D eigenvalue weighted by molar-refractivity contribution is 5.94. The zero-order chi connectivity index (χ0) is 21.1. The van der Waals surface area contributed by atoms with Crippen LogP contribution in [-0.4, -0.2) is 48.2 Å². The Morgan fingerprint density at radius 2 is 2.00 bits per heavy atom. The van der Waals surface area contributed by atoms with Crippen molar-refractivity contribution in [2.24, 2.45) is 5.41 Å². The number of carbonyl (C=O) groups excluding carboxylic acids is 1. The molecule has 2 N–H and O–H groups in total. The Labute approximate surface area is 176 Å². The molecule has 0 spiro atoms. The second kappa shape index (κ2) is 8.34. The van der Waals surface area contributed by atoms with Crippen molar-refractivity contribution >= 4 is 17.7 Å². The number of benzene rings is 1. The molecule has 0 bridgehead atoms. The number of nitrogens with one attached hydrogen (secondary N) is 1. The number of pyridine rings is 1. The molecule has 1 saturated heterocycles. The first-order valence-electron chi connectivity index (χ1n) is 10.4. The number of amides is 1. The van der Waals surface area contributed by atoms with Crippen molar-refractivity contribution in [2.45, 2.75) is 38.1 Å². The van der Waals surface area contributed by atoms with E-state index in [9.17, 15) is 14.7 Å². The van der Waals surface area contributed by atoms with Crippen molar-refractivity contribution in [1.29, 1.82) is 0 Å². The predicted octanol–water partition coefficient (Wildman–Crippen LogP) is 2.90. The number of carboxylic acids is 1. The van der Waals surface area contributed by atoms with Gasteiger partial charge in [-0.3, -0.25) is 4.79 Å². The number of hydrogen-bond donors (Lipinski definition) is 2. The van der Waals surface area contributed by atoms with E-state index in [-0.39, 0.29) is 17.5 Å². The van der Waals surface area contributed by atoms with Crippen molar-refractivity contribution in [3.8, 4) is 5.75 Å². The van der Waals surface area contributed by atoms with Gasteiger partial charge in [-0.2, -0.15) is 0 Å². The molecule has 0 radical (unpaired) electrons. The minimum atomic E-state index is -1.01. The van der Waals surface area contributed by atoms with Crippen molar-refractivity contribution in [2.75, 3.05) is 25.1 Å². The van der Waals surface area contributed by atoms with Crippen LogP contribution in [0.25, 0.3) is 0 Å². The Hall–Kier alpha value is -3.09. The van der Waals surface area contributed by atoms with E-state index in [2.05, 4.69) is 10.3 Å². The van der Waals surface area contributed by atoms with Crippen LogP contribution in [0.15, 0.2) is 42.6 Å². The molecule has 2 fully saturated rings. The molecule has 7 nitrogen and oxygen atoms in total. The van der Waals surface area contributed by atoms with E-state index in [1.54, 1.807) is 25.4 Å². The van der Waals surface area contributed by atoms with Gasteiger partial charge in [0.2, 0.25) is 5.91 Å². The minimum absolute atomic E-state index is 0.0428. The standard InChI is InChI=1S/C23H27N3O4/c1-30-18-9-4-6-16(12-18)13-23(22(29)25-17-7-2-3-8-17)14-26(15-23)20-19(21(27)28)10-5-11-24-20/h4-6,9-12,17H,2-3,7-8,13-15H2,1H3,(H,25,29)(H,27,28). The quantitative estimate of drug-likeness (QED) is 0.731. The Kier molecular flexibility index (Phi) is 5.61. The number of aromatic nitrogens is 1. The summed E-state index contributed by atoms with van der Waals surface area (Å²) in [5.74, 6) is 0.202. The summed E-state index contributed by atoms with van der Waals surface area (Å²) in [5, 5.41) is 12.7. The summed E-state index contributed by atoms with van der Waals surface area (Å²) in [6.07, 6.45) is 6.49. The van der Waals surface area contributed by atoms with Gasteiger partial charge in [0.05, 0.1) is 12.5 Å². The lowest BCUT2D eigenvalue weighted by Crippen LogP contribution is -2.65. The molecular weight excluding hydrogens is 382 g/mol. The number of methoxy groups -OCH3 is 1. The van der Waals surface area contributed by atoms with Crippen LogP contribution in [0.2, 0.25) is 0 Å². The molecule has 0 atom stereocenters. The molecule has 4 rings (SSSR count). The maximum atomic E-state index is 13.4. The molecular formula is C23H27N3O4. The monoisotopic (exact) mass is 409 g/mol. The normalized spacial score (nSPS) is 18.0. The van der Waals surface area contributed by atoms with Crippen molar-refractivity contribution in [3.05, 3.63) is 53.7 Å². The minimum Gasteiger partial charge on any atom is -0.497 e. The Bertz CT molecular complexity index is 934. The van der Waals surface area contributed by atoms with Gasteiger partial charge in [0.25, 0.3) is 0 Å². The zero-order valence-corrected chi connectivity index (χ0v) is 17.1. The fourth-order valence-electron chi connectivity index (χ4n) is 4.57. The number of ether oxygens (including phenoxy) is 1. The number of nitrogens with zero attached hydrogens (tertiary/aromatic N) is 2. The van der Waals surface area contributed by atoms with Gasteiger partial charge in [-0.15, -0.1) is 0 Å². The summed E-state index contributed by atoms with van der Waals surface area (Å²) in [5.41, 5.74) is 0.557. The van der Waals surface area contributed by atoms with Gasteiger partial charge in [0.15, 0.2) is 0 Å². The van der Waals surface area contributed by atoms with E-state index in [0.717, 1.165) is 37.0 Å². The summed E-state index contributed by atoms with van der Waals surface area (Å²) in [4.78, 5) is 31.1. The van der Waals surface area contributed by atoms with Crippen LogP contribution in [0.1, 0.15) is 41.6 Å². The van der Waals surface area contributed by atoms with E-state index in [4.69, 9.17) is 4.74 Å². The van der Waals surface area contributed by atoms with Crippen molar-refractivity contribution in [1.82, 2.24) is 10.3 Å². The number of carbonyl (C=O) groups is 2. The smallest absolute Gasteiger partial charge is 0.339 e. The van der Waals surface area contributed by atoms with Gasteiger partial charge in [0.1, 0.15) is 17.1 Å². The fraction of sp³-hybridized carbons (Fsp3) is 0.435. The first-order valence-corrected chi connectivity index (χ1v) is 10.4. The predicted molar refractivity (Wildman–Crippen MR) is 113 cm³/mol. The molecule has 30 heavy (non-hydrogen) atoms. The fourth-order valence-corrected chi connectivity index (χ4v) is 4.57. The number of carboxylic acid groups (broad SMARTS) is 1. The number of aromatic carboxylic acids is 1. The maximum absolute atomic E-state index is 13.4. The number of hydrogen-bond acceptors (Lipinski definition) is 5. The molecule has 2 heterocycles. The third-order valence-corrected chi connectivity index (χ3v) is 6.15. The molecule has 1 aromatic heterocycles. The summed E-state index contributed by atoms with van der Waals surface area (Å²) < 4.78 is 5.34. The lowest BCUT2D eigenvalue weighted by atomic mass is 9.73. The van der Waals surface area contributed by atoms with E-state index in [1.165, 1.54) is 0 Å². The second-order valence-electron chi connectivity index (χ2n) is 8.30. The van der Waals surface area contributed by atoms with E-state index < -0.39 is 11.4 Å². The molecule has 1 aromatic carbocycles. The molecule has 2 aliphatic rings. The molecule has 2 aromatic rings. The lowest BCUT2D eigenvalue weighted by Gasteiger charge is -2.50. The third-order valence-electron chi connectivity index (χ3n) is 6.15. The average Bonchev–Trinajstić information content (AvgIpc) is 3.23. The van der Waals surface area contributed by atoms with Crippen LogP contribution in [0.5, 0.6) is 5.75 Å². The first kappa shape index (κ1) is 20.2. The lowest BCUT2D eigenvalue weighted by molar-refractivity contribution is -0.133. The van der Waals surface area contributed by atoms with Gasteiger partial charge in [-0.25, -0.2) is 9.78 Å². The highest BCUT2D eigenvalue weighted by Crippen LogP contribution is 2.39. The maximum Gasteiger partial charge on any atom is 0.339 e. The topological polar surface area (TPSA) is 91.8 Å². The largest absolute Gasteiger partial charge is 0.497 e. The van der Waals surface area contributed by atoms with Gasteiger partial charge in [-0.1, -0.05) is 25.0 Å². The molecule has 158 valence electrons. The van der Waals surface area contributed by atoms with Crippen LogP contribution >= 0.6 is 0 Å². The van der Waals surface area contributed by atoms with Crippen molar-refractivity contribution < 1.29 is 19.4 Å². The van der Waals surface area contributed by atoms with E-state index >= 15 is 0 Å². The number of rotatable bonds is 7. The van der Waals surface area contributed by atoms with Gasteiger partial charge in [-0.05, 0) is 49.1 Å². The van der Waals surface area contributed by atoms with Gasteiger partial charge >= 0.3 is 5.97 Å². The third kappa shape index (κ3) is 3.97. The van der Waals surface area contributed by atoms with Gasteiger partial charge < -0.3 is 20.1 Å². The first-order chi connectivity index (χ1) is 14.5. The van der Waals surface area contributed by atoms with E-state index in [0.29, 0.717) is 25.3 Å².